The Morgan fingerprint density at radius 3 is 2.61 bits per heavy atom. The first-order valence-electron chi connectivity index (χ1n) is 6.00. The summed E-state index contributed by atoms with van der Waals surface area (Å²) in [5.74, 6) is -1.52. The predicted octanol–water partition coefficient (Wildman–Crippen LogP) is 0.517. The van der Waals surface area contributed by atoms with Gasteiger partial charge in [0, 0.05) is 18.8 Å². The number of carbonyl (C=O) groups is 2. The molecule has 0 aromatic rings. The third-order valence-electron chi connectivity index (χ3n) is 2.81. The maximum Gasteiger partial charge on any atom is 0.305 e. The maximum atomic E-state index is 11.5. The van der Waals surface area contributed by atoms with Crippen molar-refractivity contribution in [3.63, 3.8) is 0 Å². The summed E-state index contributed by atoms with van der Waals surface area (Å²) in [5.41, 5.74) is -0.0210. The van der Waals surface area contributed by atoms with Gasteiger partial charge < -0.3 is 15.7 Å². The monoisotopic (exact) mass is 251 g/mol. The fraction of sp³-hybridized carbons (Fsp3) is 0.583. The van der Waals surface area contributed by atoms with Crippen molar-refractivity contribution in [2.24, 2.45) is 0 Å². The number of carboxylic acids is 1. The number of hydrogen-bond acceptors (Lipinski definition) is 4. The van der Waals surface area contributed by atoms with Gasteiger partial charge in [0.25, 0.3) is 5.91 Å². The van der Waals surface area contributed by atoms with Crippen molar-refractivity contribution in [3.05, 3.63) is 11.8 Å². The van der Waals surface area contributed by atoms with E-state index in [1.807, 2.05) is 0 Å². The Balaban J connectivity index is 2.38. The Bertz CT molecular complexity index is 379. The molecule has 1 amide bonds. The van der Waals surface area contributed by atoms with Crippen molar-refractivity contribution in [2.75, 3.05) is 6.54 Å². The first-order chi connectivity index (χ1) is 8.63. The highest BCUT2D eigenvalue weighted by Gasteiger charge is 2.14. The lowest BCUT2D eigenvalue weighted by molar-refractivity contribution is -0.136. The molecule has 0 aromatic heterocycles. The van der Waals surface area contributed by atoms with E-state index in [1.165, 1.54) is 6.20 Å². The highest BCUT2D eigenvalue weighted by atomic mass is 16.4. The molecule has 1 fully saturated rings. The summed E-state index contributed by atoms with van der Waals surface area (Å²) in [6.07, 6.45) is 5.70. The van der Waals surface area contributed by atoms with Crippen LogP contribution in [0.5, 0.6) is 0 Å². The number of amides is 1. The zero-order valence-corrected chi connectivity index (χ0v) is 10.1. The van der Waals surface area contributed by atoms with E-state index in [9.17, 15) is 9.59 Å². The lowest BCUT2D eigenvalue weighted by atomic mass is 10.2. The van der Waals surface area contributed by atoms with Crippen molar-refractivity contribution < 1.29 is 14.7 Å². The minimum absolute atomic E-state index is 0.0210. The molecular weight excluding hydrogens is 234 g/mol. The normalized spacial score (nSPS) is 16.1. The third kappa shape index (κ3) is 4.87. The minimum atomic E-state index is -0.984. The van der Waals surface area contributed by atoms with Gasteiger partial charge in [0.05, 0.1) is 6.42 Å². The number of nitrogens with zero attached hydrogens (tertiary/aromatic N) is 1. The third-order valence-corrected chi connectivity index (χ3v) is 2.81. The number of hydrogen-bond donors (Lipinski definition) is 3. The van der Waals surface area contributed by atoms with Crippen molar-refractivity contribution in [2.45, 2.75) is 38.1 Å². The van der Waals surface area contributed by atoms with Crippen LogP contribution >= 0.6 is 0 Å². The lowest BCUT2D eigenvalue weighted by Gasteiger charge is -2.09. The van der Waals surface area contributed by atoms with Gasteiger partial charge >= 0.3 is 5.97 Å². The highest BCUT2D eigenvalue weighted by molar-refractivity contribution is 5.97. The van der Waals surface area contributed by atoms with E-state index in [-0.39, 0.29) is 18.5 Å². The zero-order chi connectivity index (χ0) is 13.4. The van der Waals surface area contributed by atoms with Crippen LogP contribution in [0.1, 0.15) is 32.1 Å². The molecule has 1 aliphatic carbocycles. The summed E-state index contributed by atoms with van der Waals surface area (Å²) < 4.78 is 0. The molecule has 6 nitrogen and oxygen atoms in total. The minimum Gasteiger partial charge on any atom is -0.481 e. The van der Waals surface area contributed by atoms with Crippen LogP contribution in [0, 0.1) is 11.3 Å². The molecule has 0 heterocycles. The standard InChI is InChI=1S/C12H17N3O3/c13-7-9(8-15-10-3-1-2-4-10)12(18)14-6-5-11(16)17/h8,10,15H,1-6H2,(H,14,18)(H,16,17)/b9-8-. The summed E-state index contributed by atoms with van der Waals surface area (Å²) in [4.78, 5) is 21.8. The van der Waals surface area contributed by atoms with Gasteiger partial charge in [-0.05, 0) is 12.8 Å². The molecule has 0 saturated heterocycles. The Morgan fingerprint density at radius 1 is 1.39 bits per heavy atom. The van der Waals surface area contributed by atoms with E-state index in [2.05, 4.69) is 10.6 Å². The Morgan fingerprint density at radius 2 is 2.06 bits per heavy atom. The number of carboxylic acid groups (broad SMARTS) is 1. The SMILES string of the molecule is N#C/C(=C/NC1CCCC1)C(=O)NCCC(=O)O. The predicted molar refractivity (Wildman–Crippen MR) is 64.4 cm³/mol. The molecule has 3 N–H and O–H groups in total. The molecule has 6 heteroatoms. The zero-order valence-electron chi connectivity index (χ0n) is 10.1. The molecule has 1 aliphatic rings. The highest BCUT2D eigenvalue weighted by Crippen LogP contribution is 2.17. The van der Waals surface area contributed by atoms with Crippen LogP contribution < -0.4 is 10.6 Å². The van der Waals surface area contributed by atoms with Crippen LogP contribution in [0.3, 0.4) is 0 Å². The van der Waals surface area contributed by atoms with E-state index in [4.69, 9.17) is 10.4 Å². The van der Waals surface area contributed by atoms with Gasteiger partial charge in [-0.1, -0.05) is 12.8 Å². The largest absolute Gasteiger partial charge is 0.481 e. The summed E-state index contributed by atoms with van der Waals surface area (Å²) in [5, 5.41) is 22.7. The second-order valence-corrected chi connectivity index (χ2v) is 4.22. The number of carbonyl (C=O) groups excluding carboxylic acids is 1. The number of nitriles is 1. The van der Waals surface area contributed by atoms with Crippen LogP contribution in [0.25, 0.3) is 0 Å². The van der Waals surface area contributed by atoms with Gasteiger partial charge in [0.2, 0.25) is 0 Å². The topological polar surface area (TPSA) is 102 Å². The second kappa shape index (κ2) is 7.33. The van der Waals surface area contributed by atoms with Gasteiger partial charge in [-0.3, -0.25) is 9.59 Å². The van der Waals surface area contributed by atoms with Crippen LogP contribution in [0.4, 0.5) is 0 Å². The first kappa shape index (κ1) is 14.0. The van der Waals surface area contributed by atoms with Gasteiger partial charge in [0.15, 0.2) is 0 Å². The molecule has 0 radical (unpaired) electrons. The van der Waals surface area contributed by atoms with Gasteiger partial charge in [0.1, 0.15) is 11.6 Å². The average Bonchev–Trinajstić information content (AvgIpc) is 2.82. The van der Waals surface area contributed by atoms with Crippen molar-refractivity contribution in [1.82, 2.24) is 10.6 Å². The quantitative estimate of drug-likeness (QED) is 0.471. The van der Waals surface area contributed by atoms with E-state index in [0.29, 0.717) is 6.04 Å². The smallest absolute Gasteiger partial charge is 0.305 e. The summed E-state index contributed by atoms with van der Waals surface area (Å²) in [6.45, 7) is 0.0244. The second-order valence-electron chi connectivity index (χ2n) is 4.22. The van der Waals surface area contributed by atoms with Gasteiger partial charge in [-0.2, -0.15) is 5.26 Å². The number of rotatable bonds is 6. The molecule has 1 rings (SSSR count). The Kier molecular flexibility index (Phi) is 5.71. The molecule has 0 atom stereocenters. The fourth-order valence-corrected chi connectivity index (χ4v) is 1.82. The van der Waals surface area contributed by atoms with Crippen LogP contribution in [0.2, 0.25) is 0 Å². The fourth-order valence-electron chi connectivity index (χ4n) is 1.82. The van der Waals surface area contributed by atoms with Gasteiger partial charge in [-0.15, -0.1) is 0 Å². The van der Waals surface area contributed by atoms with Crippen molar-refractivity contribution >= 4 is 11.9 Å². The van der Waals surface area contributed by atoms with E-state index in [0.717, 1.165) is 25.7 Å². The molecular formula is C12H17N3O3. The maximum absolute atomic E-state index is 11.5. The lowest BCUT2D eigenvalue weighted by Crippen LogP contribution is -2.29. The van der Waals surface area contributed by atoms with Crippen molar-refractivity contribution in [1.29, 1.82) is 5.26 Å². The van der Waals surface area contributed by atoms with E-state index < -0.39 is 11.9 Å². The molecule has 98 valence electrons. The first-order valence-corrected chi connectivity index (χ1v) is 6.00. The Labute approximate surface area is 106 Å². The molecule has 0 aliphatic heterocycles. The molecule has 0 bridgehead atoms. The van der Waals surface area contributed by atoms with Crippen molar-refractivity contribution in [3.8, 4) is 6.07 Å². The summed E-state index contributed by atoms with van der Waals surface area (Å²) >= 11 is 0. The van der Waals surface area contributed by atoms with Crippen LogP contribution in [-0.4, -0.2) is 29.6 Å². The van der Waals surface area contributed by atoms with Gasteiger partial charge in [-0.25, -0.2) is 0 Å². The molecule has 0 aromatic carbocycles. The van der Waals surface area contributed by atoms with E-state index in [1.54, 1.807) is 6.07 Å². The number of nitrogens with one attached hydrogen (secondary N) is 2. The molecule has 0 unspecified atom stereocenters. The van der Waals surface area contributed by atoms with E-state index >= 15 is 0 Å². The van der Waals surface area contributed by atoms with Crippen LogP contribution in [-0.2, 0) is 9.59 Å². The molecule has 18 heavy (non-hydrogen) atoms. The average molecular weight is 251 g/mol. The summed E-state index contributed by atoms with van der Waals surface area (Å²) in [7, 11) is 0. The van der Waals surface area contributed by atoms with Crippen LogP contribution in [0.15, 0.2) is 11.8 Å². The molecule has 1 saturated carbocycles. The Hall–Kier alpha value is -2.03. The number of aliphatic carboxylic acids is 1. The summed E-state index contributed by atoms with van der Waals surface area (Å²) in [6, 6.07) is 2.14. The molecule has 0 spiro atoms.